The van der Waals surface area contributed by atoms with Gasteiger partial charge in [-0.25, -0.2) is 8.42 Å². The Labute approximate surface area is 139 Å². The number of fused-ring (bicyclic) bond motifs is 1. The van der Waals surface area contributed by atoms with Crippen LogP contribution >= 0.6 is 11.7 Å². The third-order valence-corrected chi connectivity index (χ3v) is 5.95. The van der Waals surface area contributed by atoms with Crippen molar-refractivity contribution in [3.8, 4) is 0 Å². The zero-order valence-electron chi connectivity index (χ0n) is 12.6. The van der Waals surface area contributed by atoms with Gasteiger partial charge in [0.15, 0.2) is 0 Å². The van der Waals surface area contributed by atoms with Crippen molar-refractivity contribution in [2.24, 2.45) is 0 Å². The molecular weight excluding hydrogens is 332 g/mol. The number of sulfonamides is 1. The molecule has 0 radical (unpaired) electrons. The smallest absolute Gasteiger partial charge is 0.218 e. The van der Waals surface area contributed by atoms with Gasteiger partial charge in [0.25, 0.3) is 0 Å². The maximum Gasteiger partial charge on any atom is 0.218 e. The van der Waals surface area contributed by atoms with E-state index in [1.54, 1.807) is 18.5 Å². The van der Waals surface area contributed by atoms with Crippen molar-refractivity contribution in [1.82, 2.24) is 18.0 Å². The molecule has 0 amide bonds. The summed E-state index contributed by atoms with van der Waals surface area (Å²) in [6.07, 6.45) is 3.33. The van der Waals surface area contributed by atoms with Crippen molar-refractivity contribution in [3.63, 3.8) is 0 Å². The first kappa shape index (κ1) is 16.0. The highest BCUT2D eigenvalue weighted by molar-refractivity contribution is 7.88. The summed E-state index contributed by atoms with van der Waals surface area (Å²) in [5, 5.41) is 0. The van der Waals surface area contributed by atoms with Gasteiger partial charge in [-0.3, -0.25) is 4.98 Å². The van der Waals surface area contributed by atoms with Gasteiger partial charge in [0.2, 0.25) is 10.0 Å². The van der Waals surface area contributed by atoms with Gasteiger partial charge in [-0.15, -0.1) is 0 Å². The average molecular weight is 348 g/mol. The highest BCUT2D eigenvalue weighted by Gasteiger charge is 2.23. The molecule has 3 aromatic rings. The second-order valence-corrected chi connectivity index (χ2v) is 7.58. The van der Waals surface area contributed by atoms with Gasteiger partial charge >= 0.3 is 0 Å². The molecule has 0 unspecified atom stereocenters. The molecule has 0 aliphatic heterocycles. The van der Waals surface area contributed by atoms with Crippen LogP contribution in [0.2, 0.25) is 0 Å². The van der Waals surface area contributed by atoms with E-state index >= 15 is 0 Å². The van der Waals surface area contributed by atoms with Crippen LogP contribution < -0.4 is 0 Å². The standard InChI is InChI=1S/C15H16N4O2S2/c1-2-19(10-12-6-8-16-9-7-12)23(20,21)11-13-4-3-5-14-15(13)18-22-17-14/h3-9H,2,10-11H2,1H3. The number of pyridine rings is 1. The highest BCUT2D eigenvalue weighted by Crippen LogP contribution is 2.21. The molecule has 0 N–H and O–H groups in total. The SMILES string of the molecule is CCN(Cc1ccncc1)S(=O)(=O)Cc1cccc2nsnc12. The molecule has 0 aliphatic carbocycles. The van der Waals surface area contributed by atoms with Gasteiger partial charge in [0.1, 0.15) is 11.0 Å². The molecule has 3 rings (SSSR count). The lowest BCUT2D eigenvalue weighted by molar-refractivity contribution is 0.422. The molecule has 1 aromatic carbocycles. The Morgan fingerprint density at radius 3 is 2.65 bits per heavy atom. The maximum atomic E-state index is 12.8. The van der Waals surface area contributed by atoms with E-state index in [1.807, 2.05) is 31.2 Å². The molecule has 8 heteroatoms. The fraction of sp³-hybridized carbons (Fsp3) is 0.267. The monoisotopic (exact) mass is 348 g/mol. The predicted molar refractivity (Wildman–Crippen MR) is 90.4 cm³/mol. The Hall–Kier alpha value is -1.90. The minimum atomic E-state index is -3.44. The van der Waals surface area contributed by atoms with Gasteiger partial charge in [0.05, 0.1) is 17.5 Å². The Balaban J connectivity index is 1.86. The number of hydrogen-bond donors (Lipinski definition) is 0. The largest absolute Gasteiger partial charge is 0.265 e. The lowest BCUT2D eigenvalue weighted by Crippen LogP contribution is -2.31. The van der Waals surface area contributed by atoms with Gasteiger partial charge in [0, 0.05) is 25.5 Å². The van der Waals surface area contributed by atoms with Crippen molar-refractivity contribution in [2.75, 3.05) is 6.54 Å². The zero-order chi connectivity index (χ0) is 16.3. The summed E-state index contributed by atoms with van der Waals surface area (Å²) in [4.78, 5) is 3.95. The van der Waals surface area contributed by atoms with Crippen molar-refractivity contribution in [1.29, 1.82) is 0 Å². The predicted octanol–water partition coefficient (Wildman–Crippen LogP) is 2.44. The average Bonchev–Trinajstić information content (AvgIpc) is 3.03. The van der Waals surface area contributed by atoms with E-state index in [9.17, 15) is 8.42 Å². The first-order chi connectivity index (χ1) is 11.1. The quantitative estimate of drug-likeness (QED) is 0.684. The van der Waals surface area contributed by atoms with Gasteiger partial charge < -0.3 is 0 Å². The van der Waals surface area contributed by atoms with Crippen molar-refractivity contribution in [3.05, 3.63) is 53.9 Å². The topological polar surface area (TPSA) is 76.1 Å². The third-order valence-electron chi connectivity index (χ3n) is 3.56. The van der Waals surface area contributed by atoms with Crippen LogP contribution in [0, 0.1) is 0 Å². The normalized spacial score (nSPS) is 12.1. The first-order valence-corrected chi connectivity index (χ1v) is 9.51. The Morgan fingerprint density at radius 1 is 1.13 bits per heavy atom. The summed E-state index contributed by atoms with van der Waals surface area (Å²) in [5.41, 5.74) is 3.00. The van der Waals surface area contributed by atoms with Crippen LogP contribution in [0.4, 0.5) is 0 Å². The summed E-state index contributed by atoms with van der Waals surface area (Å²) < 4.78 is 35.4. The second-order valence-electron chi connectivity index (χ2n) is 5.09. The van der Waals surface area contributed by atoms with Crippen LogP contribution in [0.1, 0.15) is 18.1 Å². The number of nitrogens with zero attached hydrogens (tertiary/aromatic N) is 4. The van der Waals surface area contributed by atoms with Crippen LogP contribution in [0.25, 0.3) is 11.0 Å². The molecule has 0 bridgehead atoms. The third kappa shape index (κ3) is 3.54. The summed E-state index contributed by atoms with van der Waals surface area (Å²) in [5.74, 6) is -0.0747. The number of rotatable bonds is 6. The Bertz CT molecular complexity index is 894. The fourth-order valence-electron chi connectivity index (χ4n) is 2.37. The highest BCUT2D eigenvalue weighted by atomic mass is 32.2. The number of hydrogen-bond acceptors (Lipinski definition) is 6. The zero-order valence-corrected chi connectivity index (χ0v) is 14.2. The Morgan fingerprint density at radius 2 is 1.91 bits per heavy atom. The molecule has 0 spiro atoms. The molecular formula is C15H16N4O2S2. The summed E-state index contributed by atoms with van der Waals surface area (Å²) >= 11 is 1.09. The summed E-state index contributed by atoms with van der Waals surface area (Å²) in [7, 11) is -3.44. The fourth-order valence-corrected chi connectivity index (χ4v) is 4.48. The lowest BCUT2D eigenvalue weighted by atomic mass is 10.2. The van der Waals surface area contributed by atoms with Gasteiger partial charge in [-0.05, 0) is 29.3 Å². The molecule has 0 aliphatic rings. The van der Waals surface area contributed by atoms with Crippen LogP contribution in [-0.2, 0) is 22.3 Å². The molecule has 120 valence electrons. The Kier molecular flexibility index (Phi) is 4.65. The molecule has 0 atom stereocenters. The van der Waals surface area contributed by atoms with E-state index in [0.717, 1.165) is 22.8 Å². The van der Waals surface area contributed by atoms with Gasteiger partial charge in [-0.2, -0.15) is 13.1 Å². The lowest BCUT2D eigenvalue weighted by Gasteiger charge is -2.20. The van der Waals surface area contributed by atoms with Crippen molar-refractivity contribution >= 4 is 32.8 Å². The summed E-state index contributed by atoms with van der Waals surface area (Å²) in [6.45, 7) is 2.59. The molecule has 23 heavy (non-hydrogen) atoms. The van der Waals surface area contributed by atoms with Crippen LogP contribution in [-0.4, -0.2) is 33.0 Å². The molecule has 2 aromatic heterocycles. The molecule has 0 saturated carbocycles. The van der Waals surface area contributed by atoms with Crippen molar-refractivity contribution in [2.45, 2.75) is 19.2 Å². The summed E-state index contributed by atoms with van der Waals surface area (Å²) in [6, 6.07) is 9.09. The maximum absolute atomic E-state index is 12.8. The molecule has 2 heterocycles. The second kappa shape index (κ2) is 6.69. The van der Waals surface area contributed by atoms with Crippen LogP contribution in [0.5, 0.6) is 0 Å². The van der Waals surface area contributed by atoms with E-state index in [0.29, 0.717) is 24.2 Å². The van der Waals surface area contributed by atoms with Gasteiger partial charge in [-0.1, -0.05) is 19.1 Å². The first-order valence-electron chi connectivity index (χ1n) is 7.17. The molecule has 0 saturated heterocycles. The van der Waals surface area contributed by atoms with E-state index in [4.69, 9.17) is 0 Å². The minimum Gasteiger partial charge on any atom is -0.265 e. The van der Waals surface area contributed by atoms with E-state index in [2.05, 4.69) is 13.7 Å². The van der Waals surface area contributed by atoms with Crippen LogP contribution in [0.15, 0.2) is 42.7 Å². The molecule has 6 nitrogen and oxygen atoms in total. The number of aromatic nitrogens is 3. The number of benzene rings is 1. The van der Waals surface area contributed by atoms with Crippen molar-refractivity contribution < 1.29 is 8.42 Å². The molecule has 0 fully saturated rings. The van der Waals surface area contributed by atoms with Crippen LogP contribution in [0.3, 0.4) is 0 Å². The minimum absolute atomic E-state index is 0.0747. The van der Waals surface area contributed by atoms with E-state index in [1.165, 1.54) is 4.31 Å². The van der Waals surface area contributed by atoms with E-state index in [-0.39, 0.29) is 5.75 Å². The van der Waals surface area contributed by atoms with E-state index < -0.39 is 10.0 Å².